The Hall–Kier alpha value is -1.10. The van der Waals surface area contributed by atoms with Crippen molar-refractivity contribution >= 4 is 11.9 Å². The van der Waals surface area contributed by atoms with E-state index in [4.69, 9.17) is 5.73 Å². The van der Waals surface area contributed by atoms with Gasteiger partial charge in [-0.1, -0.05) is 13.3 Å². The number of carboxylic acid groups (broad SMARTS) is 1. The van der Waals surface area contributed by atoms with Crippen molar-refractivity contribution in [2.75, 3.05) is 13.1 Å². The molecule has 1 amide bonds. The number of carboxylic acids is 1. The lowest BCUT2D eigenvalue weighted by Crippen LogP contribution is -2.41. The maximum Gasteiger partial charge on any atom is 0.311 e. The Bertz CT molecular complexity index is 372. The number of carbonyl (C=O) groups is 2. The fourth-order valence-electron chi connectivity index (χ4n) is 3.38. The molecule has 108 valence electrons. The van der Waals surface area contributed by atoms with Crippen molar-refractivity contribution in [2.45, 2.75) is 51.5 Å². The number of hydrogen-bond donors (Lipinski definition) is 2. The third kappa shape index (κ3) is 2.76. The molecule has 2 aliphatic rings. The van der Waals surface area contributed by atoms with E-state index in [1.165, 1.54) is 0 Å². The zero-order valence-corrected chi connectivity index (χ0v) is 11.6. The highest BCUT2D eigenvalue weighted by Crippen LogP contribution is 2.36. The van der Waals surface area contributed by atoms with Crippen LogP contribution in [0.4, 0.5) is 0 Å². The molecule has 0 aromatic heterocycles. The molecular weight excluding hydrogens is 244 g/mol. The lowest BCUT2D eigenvalue weighted by atomic mass is 9.84. The van der Waals surface area contributed by atoms with E-state index in [0.29, 0.717) is 25.9 Å². The largest absolute Gasteiger partial charge is 0.481 e. The van der Waals surface area contributed by atoms with Gasteiger partial charge in [0.1, 0.15) is 0 Å². The molecule has 19 heavy (non-hydrogen) atoms. The molecule has 2 rings (SSSR count). The van der Waals surface area contributed by atoms with Crippen LogP contribution < -0.4 is 5.73 Å². The molecule has 0 spiro atoms. The Kier molecular flexibility index (Phi) is 4.13. The van der Waals surface area contributed by atoms with Gasteiger partial charge in [0.15, 0.2) is 0 Å². The number of carbonyl (C=O) groups excluding carboxylic acids is 1. The van der Waals surface area contributed by atoms with E-state index in [1.54, 1.807) is 4.90 Å². The van der Waals surface area contributed by atoms with E-state index < -0.39 is 11.4 Å². The van der Waals surface area contributed by atoms with Crippen LogP contribution in [0.15, 0.2) is 0 Å². The molecule has 1 saturated carbocycles. The number of nitrogens with zero attached hydrogens (tertiary/aromatic N) is 1. The first kappa shape index (κ1) is 14.3. The van der Waals surface area contributed by atoms with Gasteiger partial charge in [-0.2, -0.15) is 0 Å². The summed E-state index contributed by atoms with van der Waals surface area (Å²) in [7, 11) is 0. The van der Waals surface area contributed by atoms with Crippen molar-refractivity contribution in [3.63, 3.8) is 0 Å². The van der Waals surface area contributed by atoms with Crippen LogP contribution in [0.25, 0.3) is 0 Å². The summed E-state index contributed by atoms with van der Waals surface area (Å²) in [6.45, 7) is 2.83. The summed E-state index contributed by atoms with van der Waals surface area (Å²) < 4.78 is 0. The molecular formula is C14H24N2O3. The highest BCUT2D eigenvalue weighted by Gasteiger charge is 2.45. The molecule has 0 bridgehead atoms. The first-order valence-electron chi connectivity index (χ1n) is 7.26. The van der Waals surface area contributed by atoms with Crippen LogP contribution in [-0.2, 0) is 9.59 Å². The summed E-state index contributed by atoms with van der Waals surface area (Å²) in [4.78, 5) is 25.6. The summed E-state index contributed by atoms with van der Waals surface area (Å²) in [6, 6.07) is 0.126. The standard InChI is InChI=1S/C14H24N2O3/c1-2-14(13(18)19)6-7-16(9-14)12(17)10-4-3-5-11(15)8-10/h10-11H,2-9,15H2,1H3,(H,18,19). The Morgan fingerprint density at radius 1 is 1.42 bits per heavy atom. The van der Waals surface area contributed by atoms with E-state index in [0.717, 1.165) is 25.7 Å². The topological polar surface area (TPSA) is 83.6 Å². The third-order valence-electron chi connectivity index (χ3n) is 4.86. The van der Waals surface area contributed by atoms with Gasteiger partial charge in [0.2, 0.25) is 5.91 Å². The second kappa shape index (κ2) is 5.49. The predicted octanol–water partition coefficient (Wildman–Crippen LogP) is 1.22. The van der Waals surface area contributed by atoms with Gasteiger partial charge in [-0.25, -0.2) is 0 Å². The molecule has 5 nitrogen and oxygen atoms in total. The number of likely N-dealkylation sites (tertiary alicyclic amines) is 1. The third-order valence-corrected chi connectivity index (χ3v) is 4.86. The van der Waals surface area contributed by atoms with Gasteiger partial charge in [-0.05, 0) is 32.1 Å². The zero-order chi connectivity index (χ0) is 14.0. The van der Waals surface area contributed by atoms with Crippen molar-refractivity contribution in [2.24, 2.45) is 17.1 Å². The Labute approximate surface area is 114 Å². The first-order chi connectivity index (χ1) is 8.98. The molecule has 1 aliphatic carbocycles. The van der Waals surface area contributed by atoms with E-state index in [1.807, 2.05) is 6.92 Å². The minimum Gasteiger partial charge on any atom is -0.481 e. The van der Waals surface area contributed by atoms with Gasteiger partial charge in [0.05, 0.1) is 5.41 Å². The molecule has 3 unspecified atom stereocenters. The van der Waals surface area contributed by atoms with Crippen LogP contribution in [0.3, 0.4) is 0 Å². The van der Waals surface area contributed by atoms with Gasteiger partial charge in [-0.3, -0.25) is 9.59 Å². The van der Waals surface area contributed by atoms with Crippen molar-refractivity contribution in [3.8, 4) is 0 Å². The van der Waals surface area contributed by atoms with Crippen molar-refractivity contribution in [1.29, 1.82) is 0 Å². The monoisotopic (exact) mass is 268 g/mol. The van der Waals surface area contributed by atoms with Crippen LogP contribution >= 0.6 is 0 Å². The molecule has 0 aromatic carbocycles. The number of amides is 1. The van der Waals surface area contributed by atoms with Gasteiger partial charge in [0.25, 0.3) is 0 Å². The Balaban J connectivity index is 2.00. The summed E-state index contributed by atoms with van der Waals surface area (Å²) in [6.07, 6.45) is 4.80. The predicted molar refractivity (Wildman–Crippen MR) is 71.5 cm³/mol. The zero-order valence-electron chi connectivity index (χ0n) is 11.6. The molecule has 1 aliphatic heterocycles. The van der Waals surface area contributed by atoms with Crippen molar-refractivity contribution in [1.82, 2.24) is 4.90 Å². The van der Waals surface area contributed by atoms with Crippen molar-refractivity contribution in [3.05, 3.63) is 0 Å². The average Bonchev–Trinajstić information content (AvgIpc) is 2.83. The summed E-state index contributed by atoms with van der Waals surface area (Å²) >= 11 is 0. The molecule has 0 radical (unpaired) electrons. The first-order valence-corrected chi connectivity index (χ1v) is 7.26. The summed E-state index contributed by atoms with van der Waals surface area (Å²) in [5.74, 6) is -0.650. The van der Waals surface area contributed by atoms with Crippen LogP contribution in [0.2, 0.25) is 0 Å². The molecule has 3 atom stereocenters. The molecule has 3 N–H and O–H groups in total. The number of rotatable bonds is 3. The van der Waals surface area contributed by atoms with Crippen LogP contribution in [-0.4, -0.2) is 41.0 Å². The van der Waals surface area contributed by atoms with E-state index in [9.17, 15) is 14.7 Å². The molecule has 1 saturated heterocycles. The second-order valence-electron chi connectivity index (χ2n) is 6.07. The quantitative estimate of drug-likeness (QED) is 0.806. The Morgan fingerprint density at radius 2 is 2.16 bits per heavy atom. The maximum absolute atomic E-state index is 12.4. The normalized spacial score (nSPS) is 35.4. The van der Waals surface area contributed by atoms with Crippen LogP contribution in [0, 0.1) is 11.3 Å². The molecule has 5 heteroatoms. The average molecular weight is 268 g/mol. The Morgan fingerprint density at radius 3 is 2.68 bits per heavy atom. The highest BCUT2D eigenvalue weighted by molar-refractivity contribution is 5.82. The summed E-state index contributed by atoms with van der Waals surface area (Å²) in [5, 5.41) is 9.36. The van der Waals surface area contributed by atoms with Crippen LogP contribution in [0.1, 0.15) is 45.4 Å². The SMILES string of the molecule is CCC1(C(=O)O)CCN(C(=O)C2CCCC(N)C2)C1. The fraction of sp³-hybridized carbons (Fsp3) is 0.857. The van der Waals surface area contributed by atoms with E-state index in [-0.39, 0.29) is 17.9 Å². The maximum atomic E-state index is 12.4. The minimum atomic E-state index is -0.773. The van der Waals surface area contributed by atoms with Gasteiger partial charge < -0.3 is 15.7 Å². The van der Waals surface area contributed by atoms with Gasteiger partial charge in [-0.15, -0.1) is 0 Å². The number of hydrogen-bond acceptors (Lipinski definition) is 3. The minimum absolute atomic E-state index is 0.00482. The van der Waals surface area contributed by atoms with Crippen LogP contribution in [0.5, 0.6) is 0 Å². The van der Waals surface area contributed by atoms with E-state index in [2.05, 4.69) is 0 Å². The lowest BCUT2D eigenvalue weighted by molar-refractivity contribution is -0.149. The number of aliphatic carboxylic acids is 1. The molecule has 1 heterocycles. The van der Waals surface area contributed by atoms with E-state index >= 15 is 0 Å². The second-order valence-corrected chi connectivity index (χ2v) is 6.07. The van der Waals surface area contributed by atoms with Gasteiger partial charge >= 0.3 is 5.97 Å². The van der Waals surface area contributed by atoms with Crippen molar-refractivity contribution < 1.29 is 14.7 Å². The highest BCUT2D eigenvalue weighted by atomic mass is 16.4. The number of nitrogens with two attached hydrogens (primary N) is 1. The summed E-state index contributed by atoms with van der Waals surface area (Å²) in [5.41, 5.74) is 5.19. The van der Waals surface area contributed by atoms with Gasteiger partial charge in [0, 0.05) is 25.0 Å². The molecule has 2 fully saturated rings. The molecule has 0 aromatic rings. The smallest absolute Gasteiger partial charge is 0.311 e. The lowest BCUT2D eigenvalue weighted by Gasteiger charge is -2.30. The fourth-order valence-corrected chi connectivity index (χ4v) is 3.38.